The summed E-state index contributed by atoms with van der Waals surface area (Å²) < 4.78 is 36.4. The van der Waals surface area contributed by atoms with Crippen LogP contribution < -0.4 is 0 Å². The van der Waals surface area contributed by atoms with Crippen LogP contribution in [0.25, 0.3) is 0 Å². The third-order valence-corrected chi connectivity index (χ3v) is 20.9. The van der Waals surface area contributed by atoms with Crippen LogP contribution >= 0.6 is 0 Å². The van der Waals surface area contributed by atoms with Gasteiger partial charge in [0.1, 0.15) is 16.8 Å². The minimum Gasteiger partial charge on any atom is -0.465 e. The highest BCUT2D eigenvalue weighted by atomic mass is 16.6. The van der Waals surface area contributed by atoms with Gasteiger partial charge in [0, 0.05) is 12.8 Å². The SMILES string of the molecule is CC1C2CC(C(O)CC(=O)OC(C)(C)C)C(C2)C1CC(CC(C)(CC(C)(C)C(=O)OC(C)(C)CCOC(=O)C12CC3CC(CC(C3)C1)C2)C(=O)OC1CCOC1=O)C(=O)OC1(C(C)C)C2CC3CC(C2)CC1C3. The molecule has 73 heavy (non-hydrogen) atoms. The van der Waals surface area contributed by atoms with Gasteiger partial charge < -0.3 is 33.5 Å². The second-order valence-electron chi connectivity index (χ2n) is 29.0. The van der Waals surface area contributed by atoms with Crippen molar-refractivity contribution in [3.8, 4) is 0 Å². The summed E-state index contributed by atoms with van der Waals surface area (Å²) in [5, 5.41) is 11.7. The van der Waals surface area contributed by atoms with Crippen LogP contribution in [-0.2, 0) is 57.2 Å². The van der Waals surface area contributed by atoms with E-state index in [-0.39, 0.29) is 97.7 Å². The van der Waals surface area contributed by atoms with E-state index in [0.717, 1.165) is 57.8 Å². The molecule has 0 aromatic carbocycles. The van der Waals surface area contributed by atoms with Crippen LogP contribution in [0.15, 0.2) is 0 Å². The first-order chi connectivity index (χ1) is 34.1. The van der Waals surface area contributed by atoms with E-state index >= 15 is 9.59 Å². The van der Waals surface area contributed by atoms with E-state index in [4.69, 9.17) is 28.4 Å². The zero-order chi connectivity index (χ0) is 52.8. The lowest BCUT2D eigenvalue weighted by molar-refractivity contribution is -0.229. The lowest BCUT2D eigenvalue weighted by Gasteiger charge is -2.62. The fraction of sp³-hybridized carbons (Fsp3) is 0.900. The molecule has 10 aliphatic carbocycles. The Morgan fingerprint density at radius 1 is 0.767 bits per heavy atom. The van der Waals surface area contributed by atoms with Crippen molar-refractivity contribution in [2.24, 2.45) is 99.1 Å². The fourth-order valence-corrected chi connectivity index (χ4v) is 18.4. The Morgan fingerprint density at radius 2 is 1.36 bits per heavy atom. The normalized spacial score (nSPS) is 38.7. The van der Waals surface area contributed by atoms with Gasteiger partial charge in [-0.3, -0.25) is 24.0 Å². The summed E-state index contributed by atoms with van der Waals surface area (Å²) in [5.74, 6) is 0.494. The summed E-state index contributed by atoms with van der Waals surface area (Å²) in [4.78, 5) is 84.9. The van der Waals surface area contributed by atoms with Crippen molar-refractivity contribution in [3.63, 3.8) is 0 Å². The van der Waals surface area contributed by atoms with Crippen molar-refractivity contribution in [3.05, 3.63) is 0 Å². The molecule has 1 saturated heterocycles. The summed E-state index contributed by atoms with van der Waals surface area (Å²) >= 11 is 0. The van der Waals surface area contributed by atoms with Gasteiger partial charge in [0.25, 0.3) is 0 Å². The molecule has 10 saturated carbocycles. The molecule has 10 bridgehead atoms. The van der Waals surface area contributed by atoms with Crippen LogP contribution in [0.2, 0.25) is 0 Å². The molecule has 1 N–H and O–H groups in total. The summed E-state index contributed by atoms with van der Waals surface area (Å²) in [6.07, 6.45) is 12.2. The van der Waals surface area contributed by atoms with Gasteiger partial charge in [0.2, 0.25) is 6.10 Å². The minimum absolute atomic E-state index is 0.00664. The van der Waals surface area contributed by atoms with E-state index in [1.165, 1.54) is 25.7 Å². The van der Waals surface area contributed by atoms with Gasteiger partial charge in [0.05, 0.1) is 47.9 Å². The highest BCUT2D eigenvalue weighted by Crippen LogP contribution is 2.64. The first-order valence-corrected chi connectivity index (χ1v) is 29.0. The van der Waals surface area contributed by atoms with E-state index in [9.17, 15) is 24.3 Å². The van der Waals surface area contributed by atoms with Crippen LogP contribution in [-0.4, -0.2) is 83.1 Å². The quantitative estimate of drug-likeness (QED) is 0.0901. The number of cyclic esters (lactones) is 1. The van der Waals surface area contributed by atoms with Gasteiger partial charge in [-0.15, -0.1) is 0 Å². The molecule has 0 aromatic rings. The van der Waals surface area contributed by atoms with Gasteiger partial charge in [0.15, 0.2) is 0 Å². The van der Waals surface area contributed by atoms with Crippen LogP contribution in [0, 0.1) is 99.1 Å². The van der Waals surface area contributed by atoms with Gasteiger partial charge in [-0.1, -0.05) is 20.8 Å². The molecule has 1 heterocycles. The standard InChI is InChI=1S/C60H92O13/c1-33(2)60(42-20-35-16-36(22-42)23-43(60)21-35)72-50(63)41(26-44-34(3)40-24-45(44)46(25-40)47(61)27-49(62)71-55(4,5)6)31-58(11,53(66)70-48-12-14-68-51(48)64)32-56(7,8)52(65)73-57(9,10)13-15-69-54(67)59-28-37-17-38(29-59)19-39(18-37)30-59/h33-48,61H,12-32H2,1-11H3. The minimum atomic E-state index is -1.49. The first kappa shape index (κ1) is 54.6. The van der Waals surface area contributed by atoms with Crippen molar-refractivity contribution in [1.29, 1.82) is 0 Å². The molecule has 0 aromatic heterocycles. The Balaban J connectivity index is 0.959. The number of carbonyl (C=O) groups is 6. The van der Waals surface area contributed by atoms with Crippen LogP contribution in [0.1, 0.15) is 198 Å². The van der Waals surface area contributed by atoms with Crippen LogP contribution in [0.4, 0.5) is 0 Å². The summed E-state index contributed by atoms with van der Waals surface area (Å²) in [7, 11) is 0. The monoisotopic (exact) mass is 1020 g/mol. The van der Waals surface area contributed by atoms with Crippen molar-refractivity contribution in [2.75, 3.05) is 13.2 Å². The fourth-order valence-electron chi connectivity index (χ4n) is 18.4. The second-order valence-corrected chi connectivity index (χ2v) is 29.0. The Hall–Kier alpha value is -3.22. The molecule has 9 unspecified atom stereocenters. The van der Waals surface area contributed by atoms with Gasteiger partial charge >= 0.3 is 35.8 Å². The van der Waals surface area contributed by atoms with E-state index in [2.05, 4.69) is 20.8 Å². The first-order valence-electron chi connectivity index (χ1n) is 29.0. The number of aliphatic hydroxyl groups is 1. The lowest BCUT2D eigenvalue weighted by Crippen LogP contribution is -2.62. The third-order valence-electron chi connectivity index (χ3n) is 20.9. The van der Waals surface area contributed by atoms with E-state index in [1.807, 2.05) is 34.6 Å². The smallest absolute Gasteiger partial charge is 0.347 e. The largest absolute Gasteiger partial charge is 0.465 e. The summed E-state index contributed by atoms with van der Waals surface area (Å²) in [5.41, 5.74) is -5.50. The molecule has 11 rings (SSSR count). The Morgan fingerprint density at radius 3 is 1.89 bits per heavy atom. The van der Waals surface area contributed by atoms with E-state index in [1.54, 1.807) is 20.8 Å². The molecule has 11 aliphatic rings. The van der Waals surface area contributed by atoms with Crippen molar-refractivity contribution >= 4 is 35.8 Å². The van der Waals surface area contributed by atoms with E-state index < -0.39 is 69.6 Å². The molecular weight excluding hydrogens is 929 g/mol. The lowest BCUT2D eigenvalue weighted by atomic mass is 9.47. The topological polar surface area (TPSA) is 178 Å². The third kappa shape index (κ3) is 11.0. The van der Waals surface area contributed by atoms with Crippen molar-refractivity contribution in [2.45, 2.75) is 227 Å². The van der Waals surface area contributed by atoms with Gasteiger partial charge in [-0.25, -0.2) is 4.79 Å². The zero-order valence-corrected chi connectivity index (χ0v) is 46.4. The zero-order valence-electron chi connectivity index (χ0n) is 46.4. The maximum atomic E-state index is 15.7. The number of hydrogen-bond acceptors (Lipinski definition) is 13. The van der Waals surface area contributed by atoms with Crippen molar-refractivity contribution < 1.29 is 62.3 Å². The Kier molecular flexibility index (Phi) is 14.9. The highest BCUT2D eigenvalue weighted by Gasteiger charge is 2.63. The number of fused-ring (bicyclic) bond motifs is 2. The predicted octanol–water partition coefficient (Wildman–Crippen LogP) is 10.5. The maximum Gasteiger partial charge on any atom is 0.347 e. The molecule has 9 atom stereocenters. The molecule has 13 nitrogen and oxygen atoms in total. The molecule has 11 fully saturated rings. The maximum absolute atomic E-state index is 15.7. The average molecular weight is 1020 g/mol. The number of aliphatic hydroxyl groups excluding tert-OH is 1. The number of hydrogen-bond donors (Lipinski definition) is 1. The van der Waals surface area contributed by atoms with Crippen LogP contribution in [0.3, 0.4) is 0 Å². The molecule has 0 spiro atoms. The summed E-state index contributed by atoms with van der Waals surface area (Å²) in [6, 6.07) is 0. The number of carbonyl (C=O) groups excluding carboxylic acids is 6. The molecule has 0 radical (unpaired) electrons. The second kappa shape index (κ2) is 20.0. The number of rotatable bonds is 20. The molecule has 1 aliphatic heterocycles. The summed E-state index contributed by atoms with van der Waals surface area (Å²) in [6.45, 7) is 21.2. The molecule has 0 amide bonds. The number of esters is 6. The molecular formula is C60H92O13. The Labute approximate surface area is 436 Å². The van der Waals surface area contributed by atoms with Crippen LogP contribution in [0.5, 0.6) is 0 Å². The molecule has 410 valence electrons. The predicted molar refractivity (Wildman–Crippen MR) is 271 cm³/mol. The molecule has 13 heteroatoms. The Bertz CT molecular complexity index is 2050. The average Bonchev–Trinajstić information content (AvgIpc) is 3.97. The van der Waals surface area contributed by atoms with Gasteiger partial charge in [-0.2, -0.15) is 0 Å². The van der Waals surface area contributed by atoms with Gasteiger partial charge in [-0.05, 0) is 235 Å². The van der Waals surface area contributed by atoms with Crippen molar-refractivity contribution in [1.82, 2.24) is 0 Å². The van der Waals surface area contributed by atoms with E-state index in [0.29, 0.717) is 48.3 Å². The number of ether oxygens (including phenoxy) is 6. The highest BCUT2D eigenvalue weighted by molar-refractivity contribution is 5.85.